The van der Waals surface area contributed by atoms with Crippen molar-refractivity contribution < 1.29 is 4.79 Å². The number of carbonyl (C=O) groups is 1. The van der Waals surface area contributed by atoms with Gasteiger partial charge in [-0.3, -0.25) is 4.79 Å². The van der Waals surface area contributed by atoms with E-state index >= 15 is 0 Å². The van der Waals surface area contributed by atoms with Gasteiger partial charge in [0.05, 0.1) is 17.7 Å². The smallest absolute Gasteiger partial charge is 0.211 e. The number of aromatic nitrogens is 1. The van der Waals surface area contributed by atoms with Gasteiger partial charge in [0.2, 0.25) is 6.41 Å². The molecule has 0 saturated heterocycles. The number of fused-ring (bicyclic) bond motifs is 3. The monoisotopic (exact) mass is 247 g/mol. The minimum absolute atomic E-state index is 0.607. The van der Waals surface area contributed by atoms with E-state index in [2.05, 4.69) is 15.6 Å². The van der Waals surface area contributed by atoms with Crippen LogP contribution in [0.25, 0.3) is 17.0 Å². The van der Waals surface area contributed by atoms with Gasteiger partial charge >= 0.3 is 0 Å². The SMILES string of the molecule is O=CNc1cc(Cl)cc2c3c([nH]c12)CNC=C3. The molecular weight excluding hydrogens is 238 g/mol. The van der Waals surface area contributed by atoms with Crippen molar-refractivity contribution in [2.45, 2.75) is 6.54 Å². The highest BCUT2D eigenvalue weighted by Gasteiger charge is 2.14. The lowest BCUT2D eigenvalue weighted by molar-refractivity contribution is -0.105. The summed E-state index contributed by atoms with van der Waals surface area (Å²) >= 11 is 6.05. The number of aromatic amines is 1. The molecule has 0 saturated carbocycles. The highest BCUT2D eigenvalue weighted by molar-refractivity contribution is 6.32. The van der Waals surface area contributed by atoms with Crippen molar-refractivity contribution in [3.8, 4) is 0 Å². The maximum absolute atomic E-state index is 10.6. The predicted octanol–water partition coefficient (Wildman–Crippen LogP) is 2.46. The molecule has 2 heterocycles. The summed E-state index contributed by atoms with van der Waals surface area (Å²) in [6.45, 7) is 0.749. The Labute approximate surface area is 103 Å². The first-order valence-corrected chi connectivity index (χ1v) is 5.61. The number of hydrogen-bond acceptors (Lipinski definition) is 2. The lowest BCUT2D eigenvalue weighted by Crippen LogP contribution is -2.09. The topological polar surface area (TPSA) is 56.9 Å². The van der Waals surface area contributed by atoms with Gasteiger partial charge in [0.15, 0.2) is 0 Å². The first kappa shape index (κ1) is 10.2. The van der Waals surface area contributed by atoms with Crippen molar-refractivity contribution in [2.75, 3.05) is 5.32 Å². The van der Waals surface area contributed by atoms with Crippen molar-refractivity contribution in [1.82, 2.24) is 10.3 Å². The van der Waals surface area contributed by atoms with Crippen LogP contribution >= 0.6 is 11.6 Å². The Hall–Kier alpha value is -1.94. The summed E-state index contributed by atoms with van der Waals surface area (Å²) in [6, 6.07) is 3.63. The van der Waals surface area contributed by atoms with Gasteiger partial charge < -0.3 is 15.6 Å². The van der Waals surface area contributed by atoms with E-state index in [0.717, 1.165) is 28.7 Å². The number of nitrogens with one attached hydrogen (secondary N) is 3. The number of carbonyl (C=O) groups excluding carboxylic acids is 1. The average molecular weight is 248 g/mol. The lowest BCUT2D eigenvalue weighted by Gasteiger charge is -2.06. The Morgan fingerprint density at radius 2 is 2.29 bits per heavy atom. The molecule has 0 radical (unpaired) electrons. The second-order valence-electron chi connectivity index (χ2n) is 3.87. The summed E-state index contributed by atoms with van der Waals surface area (Å²) in [5.41, 5.74) is 3.82. The Morgan fingerprint density at radius 3 is 3.12 bits per heavy atom. The quantitative estimate of drug-likeness (QED) is 0.714. The van der Waals surface area contributed by atoms with Crippen LogP contribution in [-0.4, -0.2) is 11.4 Å². The Balaban J connectivity index is 2.33. The number of anilines is 1. The summed E-state index contributed by atoms with van der Waals surface area (Å²) < 4.78 is 0. The maximum Gasteiger partial charge on any atom is 0.211 e. The fourth-order valence-corrected chi connectivity index (χ4v) is 2.36. The first-order valence-electron chi connectivity index (χ1n) is 5.24. The highest BCUT2D eigenvalue weighted by atomic mass is 35.5. The van der Waals surface area contributed by atoms with Gasteiger partial charge in [-0.1, -0.05) is 11.6 Å². The van der Waals surface area contributed by atoms with Crippen LogP contribution in [0.1, 0.15) is 11.3 Å². The van der Waals surface area contributed by atoms with E-state index in [1.807, 2.05) is 18.3 Å². The summed E-state index contributed by atoms with van der Waals surface area (Å²) in [5, 5.41) is 7.42. The van der Waals surface area contributed by atoms with Crippen LogP contribution in [0.3, 0.4) is 0 Å². The first-order chi connectivity index (χ1) is 8.29. The van der Waals surface area contributed by atoms with Crippen LogP contribution in [0.2, 0.25) is 5.02 Å². The third-order valence-corrected chi connectivity index (χ3v) is 3.07. The Kier molecular flexibility index (Phi) is 2.30. The van der Waals surface area contributed by atoms with E-state index in [-0.39, 0.29) is 0 Å². The number of halogens is 1. The summed E-state index contributed by atoms with van der Waals surface area (Å²) in [6.07, 6.45) is 4.56. The Morgan fingerprint density at radius 1 is 1.41 bits per heavy atom. The van der Waals surface area contributed by atoms with Gasteiger partial charge in [0, 0.05) is 21.7 Å². The van der Waals surface area contributed by atoms with Crippen LogP contribution in [0, 0.1) is 0 Å². The second kappa shape index (κ2) is 3.82. The van der Waals surface area contributed by atoms with Gasteiger partial charge in [-0.05, 0) is 24.4 Å². The number of hydrogen-bond donors (Lipinski definition) is 3. The zero-order valence-electron chi connectivity index (χ0n) is 8.88. The van der Waals surface area contributed by atoms with E-state index in [4.69, 9.17) is 11.6 Å². The molecule has 17 heavy (non-hydrogen) atoms. The lowest BCUT2D eigenvalue weighted by atomic mass is 10.1. The van der Waals surface area contributed by atoms with Crippen molar-refractivity contribution in [2.24, 2.45) is 0 Å². The zero-order valence-corrected chi connectivity index (χ0v) is 9.64. The van der Waals surface area contributed by atoms with E-state index in [1.165, 1.54) is 0 Å². The van der Waals surface area contributed by atoms with Crippen LogP contribution in [0.4, 0.5) is 5.69 Å². The van der Waals surface area contributed by atoms with Crippen molar-refractivity contribution in [3.63, 3.8) is 0 Å². The molecule has 0 fully saturated rings. The van der Waals surface area contributed by atoms with Crippen LogP contribution in [0.15, 0.2) is 18.3 Å². The minimum atomic E-state index is 0.607. The molecule has 3 N–H and O–H groups in total. The Bertz CT molecular complexity index is 630. The molecule has 0 aliphatic carbocycles. The molecule has 1 aromatic heterocycles. The average Bonchev–Trinajstić information content (AvgIpc) is 2.69. The van der Waals surface area contributed by atoms with Crippen molar-refractivity contribution >= 4 is 40.7 Å². The molecule has 2 aromatic rings. The van der Waals surface area contributed by atoms with Crippen LogP contribution in [0.5, 0.6) is 0 Å². The normalized spacial score (nSPS) is 13.2. The third-order valence-electron chi connectivity index (χ3n) is 2.86. The summed E-state index contributed by atoms with van der Waals surface area (Å²) in [7, 11) is 0. The molecule has 0 spiro atoms. The molecule has 0 unspecified atom stereocenters. The van der Waals surface area contributed by atoms with E-state index in [0.29, 0.717) is 17.1 Å². The van der Waals surface area contributed by atoms with E-state index in [1.54, 1.807) is 6.07 Å². The molecule has 5 heteroatoms. The zero-order chi connectivity index (χ0) is 11.8. The molecule has 1 aromatic carbocycles. The number of H-pyrrole nitrogens is 1. The fraction of sp³-hybridized carbons (Fsp3) is 0.0833. The van der Waals surface area contributed by atoms with E-state index < -0.39 is 0 Å². The van der Waals surface area contributed by atoms with Crippen molar-refractivity contribution in [3.05, 3.63) is 34.6 Å². The number of rotatable bonds is 2. The fourth-order valence-electron chi connectivity index (χ4n) is 2.15. The van der Waals surface area contributed by atoms with Crippen molar-refractivity contribution in [1.29, 1.82) is 0 Å². The van der Waals surface area contributed by atoms with Crippen LogP contribution < -0.4 is 10.6 Å². The highest BCUT2D eigenvalue weighted by Crippen LogP contribution is 2.33. The number of amides is 1. The van der Waals surface area contributed by atoms with Gasteiger partial charge in [0.1, 0.15) is 0 Å². The molecule has 1 amide bonds. The minimum Gasteiger partial charge on any atom is -0.385 e. The van der Waals surface area contributed by atoms with Gasteiger partial charge in [-0.2, -0.15) is 0 Å². The second-order valence-corrected chi connectivity index (χ2v) is 4.31. The molecule has 4 nitrogen and oxygen atoms in total. The molecule has 3 rings (SSSR count). The molecule has 86 valence electrons. The van der Waals surface area contributed by atoms with Gasteiger partial charge in [-0.25, -0.2) is 0 Å². The standard InChI is InChI=1S/C12H10ClN3O/c13-7-3-9-8-1-2-14-5-11(8)16-12(9)10(4-7)15-6-17/h1-4,6,14,16H,5H2,(H,15,17). The van der Waals surface area contributed by atoms with E-state index in [9.17, 15) is 4.79 Å². The molecule has 1 aliphatic rings. The molecule has 0 bridgehead atoms. The molecule has 0 atom stereocenters. The number of benzene rings is 1. The van der Waals surface area contributed by atoms with Gasteiger partial charge in [-0.15, -0.1) is 0 Å². The van der Waals surface area contributed by atoms with Crippen LogP contribution in [-0.2, 0) is 11.3 Å². The van der Waals surface area contributed by atoms with Gasteiger partial charge in [0.25, 0.3) is 0 Å². The molecule has 1 aliphatic heterocycles. The third kappa shape index (κ3) is 1.57. The maximum atomic E-state index is 10.6. The summed E-state index contributed by atoms with van der Waals surface area (Å²) in [4.78, 5) is 13.9. The summed E-state index contributed by atoms with van der Waals surface area (Å²) in [5.74, 6) is 0. The molecular formula is C12H10ClN3O. The predicted molar refractivity (Wildman–Crippen MR) is 68.9 cm³/mol. The largest absolute Gasteiger partial charge is 0.385 e.